The molecule has 0 bridgehead atoms. The maximum Gasteiger partial charge on any atom is 0.264 e. The molecule has 26 heavy (non-hydrogen) atoms. The van der Waals surface area contributed by atoms with Crippen LogP contribution in [0.15, 0.2) is 47.8 Å². The summed E-state index contributed by atoms with van der Waals surface area (Å²) in [5.41, 5.74) is -0.996. The maximum absolute atomic E-state index is 13.2. The molecule has 1 N–H and O–H groups in total. The lowest BCUT2D eigenvalue weighted by molar-refractivity contribution is -0.897. The van der Waals surface area contributed by atoms with Crippen LogP contribution in [0.4, 0.5) is 0 Å². The van der Waals surface area contributed by atoms with E-state index >= 15 is 0 Å². The number of carbonyl (C=O) groups is 1. The van der Waals surface area contributed by atoms with Crippen LogP contribution >= 0.6 is 11.3 Å². The number of thiophene rings is 1. The lowest BCUT2D eigenvalue weighted by Crippen LogP contribution is -3.00. The molecule has 1 aliphatic heterocycles. The fourth-order valence-corrected chi connectivity index (χ4v) is 4.46. The molecule has 4 nitrogen and oxygen atoms in total. The summed E-state index contributed by atoms with van der Waals surface area (Å²) in [6.45, 7) is 3.93. The Morgan fingerprint density at radius 2 is 1.85 bits per heavy atom. The van der Waals surface area contributed by atoms with Crippen molar-refractivity contribution < 1.29 is 31.4 Å². The summed E-state index contributed by atoms with van der Waals surface area (Å²) in [5, 5.41) is 13.3. The molecule has 6 heteroatoms. The van der Waals surface area contributed by atoms with E-state index in [1.165, 1.54) is 37.3 Å². The van der Waals surface area contributed by atoms with Gasteiger partial charge in [0.1, 0.15) is 0 Å². The fraction of sp³-hybridized carbons (Fsp3) is 0.450. The Balaban J connectivity index is 0.00000243. The van der Waals surface area contributed by atoms with Crippen LogP contribution in [0.3, 0.4) is 0 Å². The van der Waals surface area contributed by atoms with Gasteiger partial charge in [0.2, 0.25) is 5.60 Å². The Bertz CT molecular complexity index is 702. The van der Waals surface area contributed by atoms with Crippen LogP contribution in [0.5, 0.6) is 0 Å². The third-order valence-electron chi connectivity index (χ3n) is 5.35. The number of nitrogens with zero attached hydrogens (tertiary/aromatic N) is 2. The van der Waals surface area contributed by atoms with Crippen LogP contribution in [0.2, 0.25) is 0 Å². The van der Waals surface area contributed by atoms with Gasteiger partial charge < -0.3 is 31.5 Å². The van der Waals surface area contributed by atoms with Crippen molar-refractivity contribution in [2.45, 2.75) is 18.4 Å². The number of quaternary nitrogens is 1. The van der Waals surface area contributed by atoms with E-state index in [1.54, 1.807) is 11.9 Å². The highest BCUT2D eigenvalue weighted by Crippen LogP contribution is 2.34. The smallest absolute Gasteiger partial charge is 0.264 e. The van der Waals surface area contributed by atoms with Gasteiger partial charge in [-0.05, 0) is 17.0 Å². The Morgan fingerprint density at radius 1 is 1.19 bits per heavy atom. The zero-order valence-corrected chi connectivity index (χ0v) is 17.8. The molecule has 3 rings (SSSR count). The second-order valence-corrected chi connectivity index (χ2v) is 8.23. The molecule has 2 aromatic rings. The van der Waals surface area contributed by atoms with Gasteiger partial charge in [-0.3, -0.25) is 4.79 Å². The van der Waals surface area contributed by atoms with Gasteiger partial charge in [0.25, 0.3) is 5.91 Å². The molecule has 1 atom stereocenters. The average Bonchev–Trinajstić information content (AvgIpc) is 3.32. The summed E-state index contributed by atoms with van der Waals surface area (Å²) in [6, 6.07) is 13.0. The van der Waals surface area contributed by atoms with Crippen molar-refractivity contribution in [1.29, 1.82) is 0 Å². The Hall–Kier alpha value is -1.21. The van der Waals surface area contributed by atoms with E-state index in [4.69, 9.17) is 0 Å². The molecule has 1 fully saturated rings. The average molecular weight is 439 g/mol. The number of aliphatic hydroxyl groups is 1. The molecule has 0 radical (unpaired) electrons. The second kappa shape index (κ2) is 8.65. The van der Waals surface area contributed by atoms with Crippen LogP contribution in [-0.2, 0) is 10.4 Å². The molecule has 0 saturated carbocycles. The monoisotopic (exact) mass is 438 g/mol. The van der Waals surface area contributed by atoms with Crippen molar-refractivity contribution >= 4 is 17.2 Å². The minimum atomic E-state index is -1.62. The highest BCUT2D eigenvalue weighted by molar-refractivity contribution is 7.10. The Morgan fingerprint density at radius 3 is 2.42 bits per heavy atom. The lowest BCUT2D eigenvalue weighted by atomic mass is 9.90. The number of benzene rings is 1. The van der Waals surface area contributed by atoms with E-state index in [-0.39, 0.29) is 22.9 Å². The van der Waals surface area contributed by atoms with E-state index in [0.717, 1.165) is 11.0 Å². The first kappa shape index (κ1) is 21.1. The molecule has 142 valence electrons. The number of amides is 1. The predicted molar refractivity (Wildman–Crippen MR) is 101 cm³/mol. The van der Waals surface area contributed by atoms with Gasteiger partial charge >= 0.3 is 0 Å². The van der Waals surface area contributed by atoms with E-state index in [1.807, 2.05) is 47.8 Å². The quantitative estimate of drug-likeness (QED) is 0.628. The molecule has 0 spiro atoms. The number of likely N-dealkylation sites (tertiary alicyclic amines) is 1. The van der Waals surface area contributed by atoms with Crippen molar-refractivity contribution in [3.63, 3.8) is 0 Å². The molecule has 1 aromatic heterocycles. The van der Waals surface area contributed by atoms with Gasteiger partial charge in [0.15, 0.2) is 0 Å². The second-order valence-electron chi connectivity index (χ2n) is 7.28. The largest absolute Gasteiger partial charge is 1.00 e. The van der Waals surface area contributed by atoms with Gasteiger partial charge in [-0.15, -0.1) is 11.3 Å². The van der Waals surface area contributed by atoms with E-state index in [0.29, 0.717) is 17.0 Å². The lowest BCUT2D eigenvalue weighted by Gasteiger charge is -2.34. The number of halogens is 1. The van der Waals surface area contributed by atoms with Gasteiger partial charge in [-0.2, -0.15) is 0 Å². The number of carbonyl (C=O) groups excluding carboxylic acids is 1. The maximum atomic E-state index is 13.2. The molecule has 2 heterocycles. The van der Waals surface area contributed by atoms with E-state index < -0.39 is 5.60 Å². The molecule has 0 aliphatic carbocycles. The highest BCUT2D eigenvalue weighted by Gasteiger charge is 2.43. The van der Waals surface area contributed by atoms with Gasteiger partial charge in [-0.25, -0.2) is 0 Å². The van der Waals surface area contributed by atoms with Gasteiger partial charge in [0, 0.05) is 19.9 Å². The summed E-state index contributed by atoms with van der Waals surface area (Å²) in [5.74, 6) is -0.257. The van der Waals surface area contributed by atoms with E-state index in [2.05, 4.69) is 7.05 Å². The minimum absolute atomic E-state index is 0. The van der Waals surface area contributed by atoms with Crippen LogP contribution < -0.4 is 17.0 Å². The first-order valence-electron chi connectivity index (χ1n) is 8.87. The zero-order chi connectivity index (χ0) is 17.9. The van der Waals surface area contributed by atoms with Crippen molar-refractivity contribution in [2.24, 2.45) is 0 Å². The number of hydrogen-bond donors (Lipinski definition) is 1. The topological polar surface area (TPSA) is 40.5 Å². The third kappa shape index (κ3) is 4.19. The fourth-order valence-electron chi connectivity index (χ4n) is 3.63. The van der Waals surface area contributed by atoms with Crippen LogP contribution in [0, 0.1) is 0 Å². The summed E-state index contributed by atoms with van der Waals surface area (Å²) >= 11 is 1.41. The molecular weight excluding hydrogens is 412 g/mol. The van der Waals surface area contributed by atoms with Crippen LogP contribution in [0.1, 0.15) is 23.3 Å². The number of rotatable bonds is 6. The summed E-state index contributed by atoms with van der Waals surface area (Å²) in [6.07, 6.45) is 2.52. The molecule has 1 saturated heterocycles. The summed E-state index contributed by atoms with van der Waals surface area (Å²) in [7, 11) is 4.06. The van der Waals surface area contributed by atoms with Crippen molar-refractivity contribution in [2.75, 3.05) is 40.3 Å². The number of hydrogen-bond acceptors (Lipinski definition) is 3. The standard InChI is InChI=1S/C20H27N2O2S.BrH/c1-21(12-15-22(2)13-6-7-14-22)19(23)20(24,18-11-8-16-25-18)17-9-4-3-5-10-17;/h3-5,8-11,16,24H,6-7,12-15H2,1-2H3;1H/q+1;/p-1. The van der Waals surface area contributed by atoms with Gasteiger partial charge in [-0.1, -0.05) is 36.4 Å². The SMILES string of the molecule is CN(CC[N+]1(C)CCCC1)C(=O)C(O)(c1ccccc1)c1cccs1.[Br-]. The molecule has 1 aliphatic rings. The van der Waals surface area contributed by atoms with Crippen molar-refractivity contribution in [3.05, 3.63) is 58.3 Å². The molecule has 1 amide bonds. The molecule has 1 aromatic carbocycles. The van der Waals surface area contributed by atoms with Crippen LogP contribution in [0.25, 0.3) is 0 Å². The Kier molecular flexibility index (Phi) is 7.02. The highest BCUT2D eigenvalue weighted by atomic mass is 79.9. The Labute approximate surface area is 170 Å². The van der Waals surface area contributed by atoms with Crippen LogP contribution in [-0.4, -0.2) is 60.7 Å². The van der Waals surface area contributed by atoms with Crippen molar-refractivity contribution in [3.8, 4) is 0 Å². The van der Waals surface area contributed by atoms with E-state index in [9.17, 15) is 9.90 Å². The van der Waals surface area contributed by atoms with Gasteiger partial charge in [0.05, 0.1) is 38.1 Å². The normalized spacial score (nSPS) is 18.0. The number of likely N-dealkylation sites (N-methyl/N-ethyl adjacent to an activating group) is 2. The molecular formula is C20H27BrN2O2S. The zero-order valence-electron chi connectivity index (χ0n) is 15.4. The first-order valence-corrected chi connectivity index (χ1v) is 9.75. The summed E-state index contributed by atoms with van der Waals surface area (Å²) in [4.78, 5) is 15.6. The predicted octanol–water partition coefficient (Wildman–Crippen LogP) is -0.313. The third-order valence-corrected chi connectivity index (χ3v) is 6.33. The first-order chi connectivity index (χ1) is 12.0. The summed E-state index contributed by atoms with van der Waals surface area (Å²) < 4.78 is 1.01. The minimum Gasteiger partial charge on any atom is -1.00 e. The molecule has 1 unspecified atom stereocenters. The van der Waals surface area contributed by atoms with Crippen molar-refractivity contribution in [1.82, 2.24) is 4.90 Å².